The summed E-state index contributed by atoms with van der Waals surface area (Å²) in [5.74, 6) is 2.27. The van der Waals surface area contributed by atoms with Crippen LogP contribution in [0.3, 0.4) is 0 Å². The van der Waals surface area contributed by atoms with Crippen molar-refractivity contribution in [3.63, 3.8) is 0 Å². The van der Waals surface area contributed by atoms with Crippen LogP contribution in [0.25, 0.3) is 0 Å². The van der Waals surface area contributed by atoms with E-state index in [2.05, 4.69) is 13.8 Å². The van der Waals surface area contributed by atoms with Gasteiger partial charge >= 0.3 is 95.6 Å². The van der Waals surface area contributed by atoms with E-state index in [9.17, 15) is 0 Å². The van der Waals surface area contributed by atoms with Crippen LogP contribution in [0.1, 0.15) is 52.4 Å². The predicted octanol–water partition coefficient (Wildman–Crippen LogP) is 4.29. The van der Waals surface area contributed by atoms with Crippen LogP contribution in [0, 0.1) is 11.8 Å². The van der Waals surface area contributed by atoms with Crippen LogP contribution in [0.2, 0.25) is 6.85 Å². The molecule has 0 aliphatic heterocycles. The van der Waals surface area contributed by atoms with E-state index in [-0.39, 0.29) is 0 Å². The normalized spacial score (nSPS) is 45.1. The molecule has 0 aromatic carbocycles. The molecular weight excluding hydrogens is 345 g/mol. The molecule has 2 aliphatic carbocycles. The molecule has 0 spiro atoms. The topological polar surface area (TPSA) is 0 Å². The van der Waals surface area contributed by atoms with Gasteiger partial charge in [0.25, 0.3) is 0 Å². The molecule has 0 N–H and O–H groups in total. The fraction of sp³-hybridized carbons (Fsp3) is 1.00. The SMILES string of the molecule is CC1CCC[CH]1[Hg][CH]1CCCC1C. The van der Waals surface area contributed by atoms with E-state index < -0.39 is 24.6 Å². The van der Waals surface area contributed by atoms with Crippen molar-refractivity contribution in [2.24, 2.45) is 11.8 Å². The molecule has 0 aromatic rings. The second-order valence-electron chi connectivity index (χ2n) is 5.57. The molecule has 4 atom stereocenters. The van der Waals surface area contributed by atoms with Crippen LogP contribution >= 0.6 is 0 Å². The van der Waals surface area contributed by atoms with Crippen LogP contribution in [-0.4, -0.2) is 0 Å². The molecule has 13 heavy (non-hydrogen) atoms. The first kappa shape index (κ1) is 10.5. The zero-order valence-corrected chi connectivity index (χ0v) is 14.8. The molecule has 4 unspecified atom stereocenters. The van der Waals surface area contributed by atoms with Gasteiger partial charge in [0.2, 0.25) is 0 Å². The zero-order chi connectivity index (χ0) is 9.26. The van der Waals surface area contributed by atoms with Crippen molar-refractivity contribution >= 4 is 0 Å². The van der Waals surface area contributed by atoms with E-state index in [1.165, 1.54) is 6.85 Å². The van der Waals surface area contributed by atoms with Gasteiger partial charge in [-0.2, -0.15) is 0 Å². The van der Waals surface area contributed by atoms with Gasteiger partial charge in [0, 0.05) is 0 Å². The van der Waals surface area contributed by atoms with Gasteiger partial charge in [-0.3, -0.25) is 0 Å². The zero-order valence-electron chi connectivity index (χ0n) is 9.26. The van der Waals surface area contributed by atoms with Crippen LogP contribution < -0.4 is 0 Å². The Morgan fingerprint density at radius 3 is 1.54 bits per heavy atom. The van der Waals surface area contributed by atoms with E-state index in [1.54, 1.807) is 38.5 Å². The Morgan fingerprint density at radius 1 is 0.769 bits per heavy atom. The minimum atomic E-state index is -0.504. The third kappa shape index (κ3) is 2.49. The van der Waals surface area contributed by atoms with E-state index in [4.69, 9.17) is 0 Å². The van der Waals surface area contributed by atoms with Crippen molar-refractivity contribution < 1.29 is 24.6 Å². The van der Waals surface area contributed by atoms with E-state index in [0.29, 0.717) is 0 Å². The molecular formula is C12H22Hg. The third-order valence-electron chi connectivity index (χ3n) is 4.68. The number of rotatable bonds is 2. The Kier molecular flexibility index (Phi) is 3.73. The summed E-state index contributed by atoms with van der Waals surface area (Å²) in [7, 11) is 0. The average molecular weight is 367 g/mol. The molecule has 2 saturated carbocycles. The average Bonchev–Trinajstić information content (AvgIpc) is 2.65. The molecule has 72 valence electrons. The van der Waals surface area contributed by atoms with Gasteiger partial charge in [-0.25, -0.2) is 0 Å². The van der Waals surface area contributed by atoms with Crippen molar-refractivity contribution in [2.75, 3.05) is 0 Å². The van der Waals surface area contributed by atoms with Crippen LogP contribution in [-0.2, 0) is 24.6 Å². The van der Waals surface area contributed by atoms with E-state index in [0.717, 1.165) is 11.8 Å². The molecule has 2 aliphatic rings. The van der Waals surface area contributed by atoms with E-state index >= 15 is 0 Å². The monoisotopic (exact) mass is 368 g/mol. The fourth-order valence-corrected chi connectivity index (χ4v) is 16.1. The molecule has 1 heteroatoms. The minimum absolute atomic E-state index is 0.504. The van der Waals surface area contributed by atoms with Crippen molar-refractivity contribution in [3.8, 4) is 0 Å². The molecule has 0 radical (unpaired) electrons. The van der Waals surface area contributed by atoms with Gasteiger partial charge < -0.3 is 0 Å². The number of hydrogen-bond acceptors (Lipinski definition) is 0. The Hall–Kier alpha value is 0.935. The van der Waals surface area contributed by atoms with Crippen LogP contribution in [0.15, 0.2) is 0 Å². The Labute approximate surface area is 95.3 Å². The van der Waals surface area contributed by atoms with Gasteiger partial charge in [0.1, 0.15) is 0 Å². The second kappa shape index (κ2) is 4.64. The van der Waals surface area contributed by atoms with Crippen LogP contribution in [0.5, 0.6) is 0 Å². The van der Waals surface area contributed by atoms with E-state index in [1.807, 2.05) is 0 Å². The number of hydrogen-bond donors (Lipinski definition) is 0. The van der Waals surface area contributed by atoms with Crippen molar-refractivity contribution in [3.05, 3.63) is 0 Å². The van der Waals surface area contributed by atoms with Gasteiger partial charge in [-0.05, 0) is 0 Å². The molecule has 0 bridgehead atoms. The molecule has 0 heterocycles. The second-order valence-corrected chi connectivity index (χ2v) is 15.6. The third-order valence-corrected chi connectivity index (χ3v) is 18.8. The summed E-state index contributed by atoms with van der Waals surface area (Å²) in [6.45, 7) is 5.05. The predicted molar refractivity (Wildman–Crippen MR) is 53.5 cm³/mol. The molecule has 0 nitrogen and oxygen atoms in total. The fourth-order valence-electron chi connectivity index (χ4n) is 3.53. The first-order valence-corrected chi connectivity index (χ1v) is 12.6. The summed E-state index contributed by atoms with van der Waals surface area (Å²) in [6.07, 6.45) is 9.51. The van der Waals surface area contributed by atoms with Crippen molar-refractivity contribution in [1.82, 2.24) is 0 Å². The molecule has 0 saturated heterocycles. The summed E-state index contributed by atoms with van der Waals surface area (Å²) in [5.41, 5.74) is 0. The maximum absolute atomic E-state index is 2.53. The first-order chi connectivity index (χ1) is 6.27. The van der Waals surface area contributed by atoms with Gasteiger partial charge in [0.05, 0.1) is 0 Å². The molecule has 2 fully saturated rings. The molecule has 0 amide bonds. The van der Waals surface area contributed by atoms with Gasteiger partial charge in [-0.15, -0.1) is 0 Å². The standard InChI is InChI=1S/2C6H11.Hg/c2*1-6-4-2-3-5-6;/h2*4,6H,2-3,5H2,1H3;. The molecule has 0 aromatic heterocycles. The Bertz CT molecular complexity index is 149. The Balaban J connectivity index is 1.82. The van der Waals surface area contributed by atoms with Gasteiger partial charge in [-0.1, -0.05) is 0 Å². The first-order valence-electron chi connectivity index (χ1n) is 6.27. The van der Waals surface area contributed by atoms with Crippen LogP contribution in [0.4, 0.5) is 0 Å². The molecule has 2 rings (SSSR count). The summed E-state index contributed by atoms with van der Waals surface area (Å²) < 4.78 is 2.62. The van der Waals surface area contributed by atoms with Gasteiger partial charge in [0.15, 0.2) is 0 Å². The Morgan fingerprint density at radius 2 is 1.23 bits per heavy atom. The van der Waals surface area contributed by atoms with Crippen molar-refractivity contribution in [2.45, 2.75) is 59.2 Å². The summed E-state index contributed by atoms with van der Waals surface area (Å²) in [4.78, 5) is 0. The maximum atomic E-state index is 2.53. The summed E-state index contributed by atoms with van der Waals surface area (Å²) >= 11 is -0.504. The summed E-state index contributed by atoms with van der Waals surface area (Å²) in [5, 5.41) is 0. The quantitative estimate of drug-likeness (QED) is 0.640. The summed E-state index contributed by atoms with van der Waals surface area (Å²) in [6, 6.07) is 0. The van der Waals surface area contributed by atoms with Crippen molar-refractivity contribution in [1.29, 1.82) is 0 Å².